The summed E-state index contributed by atoms with van der Waals surface area (Å²) in [5, 5.41) is 6.44. The average molecular weight is 270 g/mol. The van der Waals surface area contributed by atoms with Crippen LogP contribution in [0.1, 0.15) is 13.8 Å². The van der Waals surface area contributed by atoms with Crippen LogP contribution in [0, 0.1) is 0 Å². The van der Waals surface area contributed by atoms with Gasteiger partial charge in [-0.05, 0) is 44.2 Å². The molecule has 4 heteroatoms. The Morgan fingerprint density at radius 2 is 1.60 bits per heavy atom. The van der Waals surface area contributed by atoms with Gasteiger partial charge < -0.3 is 15.5 Å². The van der Waals surface area contributed by atoms with Crippen LogP contribution in [0.5, 0.6) is 0 Å². The molecule has 4 nitrogen and oxygen atoms in total. The molecule has 0 atom stereocenters. The molecule has 2 N–H and O–H groups in total. The second kappa shape index (κ2) is 6.80. The third-order valence-electron chi connectivity index (χ3n) is 3.31. The van der Waals surface area contributed by atoms with E-state index in [-0.39, 0.29) is 0 Å². The molecule has 0 amide bonds. The van der Waals surface area contributed by atoms with Gasteiger partial charge in [-0.25, -0.2) is 0 Å². The van der Waals surface area contributed by atoms with Crippen molar-refractivity contribution >= 4 is 22.7 Å². The van der Waals surface area contributed by atoms with Crippen LogP contribution in [0.4, 0.5) is 22.7 Å². The van der Waals surface area contributed by atoms with Gasteiger partial charge in [-0.1, -0.05) is 0 Å². The van der Waals surface area contributed by atoms with Gasteiger partial charge in [0.1, 0.15) is 0 Å². The molecule has 0 unspecified atom stereocenters. The van der Waals surface area contributed by atoms with E-state index in [0.29, 0.717) is 0 Å². The van der Waals surface area contributed by atoms with Crippen LogP contribution in [-0.2, 0) is 0 Å². The topological polar surface area (TPSA) is 40.2 Å². The molecule has 0 spiro atoms. The van der Waals surface area contributed by atoms with Gasteiger partial charge in [0.25, 0.3) is 0 Å². The third kappa shape index (κ3) is 3.41. The SMILES string of the molecule is CCN(CC)c1ccc(Nc2cncc(NC)c2)cc1. The minimum absolute atomic E-state index is 0.979. The molecule has 2 rings (SSSR count). The van der Waals surface area contributed by atoms with Gasteiger partial charge in [0.2, 0.25) is 0 Å². The van der Waals surface area contributed by atoms with E-state index in [0.717, 1.165) is 30.2 Å². The number of aromatic nitrogens is 1. The maximum atomic E-state index is 4.19. The van der Waals surface area contributed by atoms with Gasteiger partial charge in [-0.15, -0.1) is 0 Å². The fraction of sp³-hybridized carbons (Fsp3) is 0.312. The summed E-state index contributed by atoms with van der Waals surface area (Å²) in [6.45, 7) is 6.39. The van der Waals surface area contributed by atoms with E-state index in [2.05, 4.69) is 58.6 Å². The van der Waals surface area contributed by atoms with Crippen molar-refractivity contribution in [3.63, 3.8) is 0 Å². The molecular weight excluding hydrogens is 248 g/mol. The van der Waals surface area contributed by atoms with Crippen LogP contribution in [0.25, 0.3) is 0 Å². The highest BCUT2D eigenvalue weighted by atomic mass is 15.1. The Kier molecular flexibility index (Phi) is 4.82. The molecular formula is C16H22N4. The van der Waals surface area contributed by atoms with Gasteiger partial charge >= 0.3 is 0 Å². The predicted molar refractivity (Wildman–Crippen MR) is 87.1 cm³/mol. The lowest BCUT2D eigenvalue weighted by Gasteiger charge is -2.21. The molecule has 0 saturated heterocycles. The Morgan fingerprint density at radius 1 is 0.950 bits per heavy atom. The van der Waals surface area contributed by atoms with Crippen LogP contribution in [0.15, 0.2) is 42.7 Å². The average Bonchev–Trinajstić information content (AvgIpc) is 2.50. The zero-order valence-electron chi connectivity index (χ0n) is 12.4. The molecule has 0 radical (unpaired) electrons. The predicted octanol–water partition coefficient (Wildman–Crippen LogP) is 3.71. The molecule has 1 heterocycles. The quantitative estimate of drug-likeness (QED) is 0.839. The number of benzene rings is 1. The van der Waals surface area contributed by atoms with Crippen molar-refractivity contribution in [3.8, 4) is 0 Å². The lowest BCUT2D eigenvalue weighted by molar-refractivity contribution is 0.866. The molecule has 1 aromatic carbocycles. The van der Waals surface area contributed by atoms with Gasteiger partial charge in [0.05, 0.1) is 23.8 Å². The Morgan fingerprint density at radius 3 is 2.20 bits per heavy atom. The van der Waals surface area contributed by atoms with Crippen molar-refractivity contribution in [1.82, 2.24) is 4.98 Å². The van der Waals surface area contributed by atoms with Crippen LogP contribution < -0.4 is 15.5 Å². The van der Waals surface area contributed by atoms with Crippen molar-refractivity contribution in [2.24, 2.45) is 0 Å². The van der Waals surface area contributed by atoms with Gasteiger partial charge in [-0.2, -0.15) is 0 Å². The summed E-state index contributed by atoms with van der Waals surface area (Å²) in [7, 11) is 1.89. The van der Waals surface area contributed by atoms with Crippen LogP contribution in [0.3, 0.4) is 0 Å². The summed E-state index contributed by atoms with van der Waals surface area (Å²) >= 11 is 0. The molecule has 0 bridgehead atoms. The normalized spacial score (nSPS) is 10.2. The van der Waals surface area contributed by atoms with E-state index in [9.17, 15) is 0 Å². The van der Waals surface area contributed by atoms with Crippen molar-refractivity contribution < 1.29 is 0 Å². The van der Waals surface area contributed by atoms with Crippen molar-refractivity contribution in [2.45, 2.75) is 13.8 Å². The molecule has 0 aliphatic heterocycles. The lowest BCUT2D eigenvalue weighted by Crippen LogP contribution is -2.21. The molecule has 0 saturated carbocycles. The van der Waals surface area contributed by atoms with Crippen LogP contribution in [-0.4, -0.2) is 25.1 Å². The summed E-state index contributed by atoms with van der Waals surface area (Å²) in [4.78, 5) is 6.52. The smallest absolute Gasteiger partial charge is 0.0591 e. The molecule has 1 aromatic heterocycles. The Hall–Kier alpha value is -2.23. The van der Waals surface area contributed by atoms with E-state index in [1.165, 1.54) is 5.69 Å². The first kappa shape index (κ1) is 14.2. The highest BCUT2D eigenvalue weighted by Gasteiger charge is 2.02. The van der Waals surface area contributed by atoms with E-state index < -0.39 is 0 Å². The Balaban J connectivity index is 2.10. The van der Waals surface area contributed by atoms with E-state index in [1.54, 1.807) is 6.20 Å². The minimum atomic E-state index is 0.979. The second-order valence-electron chi connectivity index (χ2n) is 4.56. The highest BCUT2D eigenvalue weighted by Crippen LogP contribution is 2.22. The number of pyridine rings is 1. The van der Waals surface area contributed by atoms with E-state index in [1.807, 2.05) is 19.3 Å². The van der Waals surface area contributed by atoms with Crippen LogP contribution >= 0.6 is 0 Å². The zero-order valence-corrected chi connectivity index (χ0v) is 12.4. The summed E-state index contributed by atoms with van der Waals surface area (Å²) in [5.74, 6) is 0. The monoisotopic (exact) mass is 270 g/mol. The zero-order chi connectivity index (χ0) is 14.4. The number of hydrogen-bond acceptors (Lipinski definition) is 4. The first-order valence-corrected chi connectivity index (χ1v) is 7.01. The number of nitrogens with one attached hydrogen (secondary N) is 2. The van der Waals surface area contributed by atoms with Gasteiger partial charge in [0, 0.05) is 31.5 Å². The molecule has 0 aliphatic carbocycles. The maximum Gasteiger partial charge on any atom is 0.0591 e. The van der Waals surface area contributed by atoms with Gasteiger partial charge in [-0.3, -0.25) is 4.98 Å². The third-order valence-corrected chi connectivity index (χ3v) is 3.31. The maximum absolute atomic E-state index is 4.19. The molecule has 0 fully saturated rings. The standard InChI is InChI=1S/C16H22N4/c1-4-20(5-2)16-8-6-13(7-9-16)19-15-10-14(17-3)11-18-12-15/h6-12,17,19H,4-5H2,1-3H3. The highest BCUT2D eigenvalue weighted by molar-refractivity contribution is 5.65. The summed E-state index contributed by atoms with van der Waals surface area (Å²) in [6.07, 6.45) is 3.62. The minimum Gasteiger partial charge on any atom is -0.387 e. The van der Waals surface area contributed by atoms with E-state index >= 15 is 0 Å². The first-order chi connectivity index (χ1) is 9.76. The van der Waals surface area contributed by atoms with Crippen molar-refractivity contribution in [3.05, 3.63) is 42.7 Å². The summed E-state index contributed by atoms with van der Waals surface area (Å²) in [5.41, 5.74) is 4.29. The van der Waals surface area contributed by atoms with Crippen molar-refractivity contribution in [2.75, 3.05) is 35.7 Å². The summed E-state index contributed by atoms with van der Waals surface area (Å²) < 4.78 is 0. The van der Waals surface area contributed by atoms with Gasteiger partial charge in [0.15, 0.2) is 0 Å². The first-order valence-electron chi connectivity index (χ1n) is 7.01. The second-order valence-corrected chi connectivity index (χ2v) is 4.56. The number of rotatable bonds is 6. The molecule has 106 valence electrons. The number of hydrogen-bond donors (Lipinski definition) is 2. The van der Waals surface area contributed by atoms with Crippen molar-refractivity contribution in [1.29, 1.82) is 0 Å². The fourth-order valence-corrected chi connectivity index (χ4v) is 2.16. The van der Waals surface area contributed by atoms with Crippen LogP contribution in [0.2, 0.25) is 0 Å². The molecule has 0 aliphatic rings. The Labute approximate surface area is 120 Å². The number of anilines is 4. The lowest BCUT2D eigenvalue weighted by atomic mass is 10.2. The Bertz CT molecular complexity index is 532. The fourth-order valence-electron chi connectivity index (χ4n) is 2.16. The largest absolute Gasteiger partial charge is 0.387 e. The molecule has 2 aromatic rings. The number of nitrogens with zero attached hydrogens (tertiary/aromatic N) is 2. The summed E-state index contributed by atoms with van der Waals surface area (Å²) in [6, 6.07) is 10.5. The molecule has 20 heavy (non-hydrogen) atoms. The van der Waals surface area contributed by atoms with E-state index in [4.69, 9.17) is 0 Å².